The number of H-pyrrole nitrogens is 1. The molecule has 4 heteroatoms. The lowest BCUT2D eigenvalue weighted by Crippen LogP contribution is -1.92. The van der Waals surface area contributed by atoms with Crippen molar-refractivity contribution in [3.63, 3.8) is 0 Å². The zero-order valence-electron chi connectivity index (χ0n) is 5.92. The van der Waals surface area contributed by atoms with Gasteiger partial charge < -0.3 is 4.42 Å². The highest BCUT2D eigenvalue weighted by Crippen LogP contribution is 2.07. The molecule has 4 nitrogen and oxygen atoms in total. The van der Waals surface area contributed by atoms with E-state index < -0.39 is 5.76 Å². The number of hydrogen-bond acceptors (Lipinski definition) is 3. The summed E-state index contributed by atoms with van der Waals surface area (Å²) in [6.07, 6.45) is 1.58. The van der Waals surface area contributed by atoms with Gasteiger partial charge in [0, 0.05) is 11.8 Å². The van der Waals surface area contributed by atoms with Crippen LogP contribution in [0.3, 0.4) is 0 Å². The molecule has 2 aromatic heterocycles. The molecular weight excluding hydrogens is 144 g/mol. The molecule has 2 rings (SSSR count). The van der Waals surface area contributed by atoms with Crippen LogP contribution in [0, 0.1) is 6.92 Å². The van der Waals surface area contributed by atoms with Crippen LogP contribution in [0.1, 0.15) is 5.69 Å². The van der Waals surface area contributed by atoms with Crippen LogP contribution in [0.15, 0.2) is 21.5 Å². The number of oxazole rings is 1. The first-order valence-corrected chi connectivity index (χ1v) is 3.21. The van der Waals surface area contributed by atoms with Crippen molar-refractivity contribution in [2.75, 3.05) is 0 Å². The summed E-state index contributed by atoms with van der Waals surface area (Å²) < 4.78 is 4.80. The SMILES string of the molecule is Cc1cc2oc(=O)[nH]c2cn1. The predicted molar refractivity (Wildman–Crippen MR) is 39.4 cm³/mol. The van der Waals surface area contributed by atoms with E-state index in [1.807, 2.05) is 6.92 Å². The van der Waals surface area contributed by atoms with E-state index >= 15 is 0 Å². The average molecular weight is 150 g/mol. The normalized spacial score (nSPS) is 10.6. The van der Waals surface area contributed by atoms with Gasteiger partial charge in [-0.05, 0) is 6.92 Å². The second-order valence-electron chi connectivity index (χ2n) is 2.34. The maximum Gasteiger partial charge on any atom is 0.417 e. The van der Waals surface area contributed by atoms with Crippen LogP contribution in [0.4, 0.5) is 0 Å². The van der Waals surface area contributed by atoms with Gasteiger partial charge in [0.25, 0.3) is 0 Å². The highest BCUT2D eigenvalue weighted by Gasteiger charge is 1.99. The van der Waals surface area contributed by atoms with Crippen molar-refractivity contribution in [2.24, 2.45) is 0 Å². The quantitative estimate of drug-likeness (QED) is 0.604. The van der Waals surface area contributed by atoms with Crippen molar-refractivity contribution in [1.82, 2.24) is 9.97 Å². The minimum Gasteiger partial charge on any atom is -0.408 e. The van der Waals surface area contributed by atoms with E-state index in [1.165, 1.54) is 0 Å². The van der Waals surface area contributed by atoms with Crippen LogP contribution in [-0.4, -0.2) is 9.97 Å². The van der Waals surface area contributed by atoms with Crippen LogP contribution in [0.5, 0.6) is 0 Å². The number of aryl methyl sites for hydroxylation is 1. The smallest absolute Gasteiger partial charge is 0.408 e. The molecule has 0 aliphatic rings. The molecule has 2 aromatic rings. The molecule has 0 aliphatic heterocycles. The number of rotatable bonds is 0. The lowest BCUT2D eigenvalue weighted by atomic mass is 10.3. The summed E-state index contributed by atoms with van der Waals surface area (Å²) in [5.41, 5.74) is 2.03. The summed E-state index contributed by atoms with van der Waals surface area (Å²) >= 11 is 0. The predicted octanol–water partition coefficient (Wildman–Crippen LogP) is 0.825. The van der Waals surface area contributed by atoms with E-state index in [0.29, 0.717) is 11.1 Å². The summed E-state index contributed by atoms with van der Waals surface area (Å²) in [6, 6.07) is 1.72. The molecule has 0 radical (unpaired) electrons. The summed E-state index contributed by atoms with van der Waals surface area (Å²) in [7, 11) is 0. The van der Waals surface area contributed by atoms with Gasteiger partial charge in [-0.3, -0.25) is 9.97 Å². The van der Waals surface area contributed by atoms with Gasteiger partial charge in [0.2, 0.25) is 0 Å². The first-order valence-electron chi connectivity index (χ1n) is 3.21. The molecule has 0 bridgehead atoms. The number of nitrogens with one attached hydrogen (secondary N) is 1. The van der Waals surface area contributed by atoms with Gasteiger partial charge in [-0.25, -0.2) is 4.79 Å². The largest absolute Gasteiger partial charge is 0.417 e. The number of aromatic amines is 1. The molecule has 0 unspecified atom stereocenters. The van der Waals surface area contributed by atoms with Crippen molar-refractivity contribution < 1.29 is 4.42 Å². The molecule has 0 fully saturated rings. The van der Waals surface area contributed by atoms with Gasteiger partial charge in [0.15, 0.2) is 5.58 Å². The van der Waals surface area contributed by atoms with Gasteiger partial charge in [-0.2, -0.15) is 0 Å². The minimum atomic E-state index is -0.438. The van der Waals surface area contributed by atoms with E-state index in [-0.39, 0.29) is 0 Å². The Hall–Kier alpha value is -1.58. The monoisotopic (exact) mass is 150 g/mol. The Balaban J connectivity index is 2.92. The third-order valence-electron chi connectivity index (χ3n) is 1.44. The molecule has 0 atom stereocenters. The molecule has 0 aliphatic carbocycles. The highest BCUT2D eigenvalue weighted by atomic mass is 16.4. The fourth-order valence-corrected chi connectivity index (χ4v) is 0.948. The van der Waals surface area contributed by atoms with Crippen molar-refractivity contribution in [3.05, 3.63) is 28.5 Å². The Labute approximate surface area is 61.9 Å². The Bertz CT molecular complexity index is 441. The molecule has 1 N–H and O–H groups in total. The maximum absolute atomic E-state index is 10.7. The Morgan fingerprint density at radius 3 is 3.27 bits per heavy atom. The first-order chi connectivity index (χ1) is 5.25. The van der Waals surface area contributed by atoms with Crippen molar-refractivity contribution in [3.8, 4) is 0 Å². The number of nitrogens with zero attached hydrogens (tertiary/aromatic N) is 1. The van der Waals surface area contributed by atoms with Gasteiger partial charge in [-0.1, -0.05) is 0 Å². The van der Waals surface area contributed by atoms with E-state index in [1.54, 1.807) is 12.3 Å². The van der Waals surface area contributed by atoms with Crippen LogP contribution in [-0.2, 0) is 0 Å². The lowest BCUT2D eigenvalue weighted by Gasteiger charge is -1.87. The Kier molecular flexibility index (Phi) is 1.09. The van der Waals surface area contributed by atoms with Gasteiger partial charge in [0.1, 0.15) is 5.52 Å². The second-order valence-corrected chi connectivity index (χ2v) is 2.34. The van der Waals surface area contributed by atoms with Crippen LogP contribution < -0.4 is 5.76 Å². The molecule has 11 heavy (non-hydrogen) atoms. The maximum atomic E-state index is 10.7. The van der Waals surface area contributed by atoms with Crippen molar-refractivity contribution >= 4 is 11.1 Å². The standard InChI is InChI=1S/C7H6N2O2/c1-4-2-6-5(3-8-4)9-7(10)11-6/h2-3H,1H3,(H,9,10). The third kappa shape index (κ3) is 0.920. The van der Waals surface area contributed by atoms with E-state index in [9.17, 15) is 4.79 Å². The number of aromatic nitrogens is 2. The molecule has 0 saturated carbocycles. The van der Waals surface area contributed by atoms with E-state index in [4.69, 9.17) is 4.42 Å². The number of fused-ring (bicyclic) bond motifs is 1. The van der Waals surface area contributed by atoms with Crippen LogP contribution >= 0.6 is 0 Å². The fraction of sp³-hybridized carbons (Fsp3) is 0.143. The lowest BCUT2D eigenvalue weighted by molar-refractivity contribution is 0.555. The summed E-state index contributed by atoms with van der Waals surface area (Å²) in [6.45, 7) is 1.84. The third-order valence-corrected chi connectivity index (χ3v) is 1.44. The van der Waals surface area contributed by atoms with Gasteiger partial charge in [-0.15, -0.1) is 0 Å². The number of hydrogen-bond donors (Lipinski definition) is 1. The van der Waals surface area contributed by atoms with E-state index in [0.717, 1.165) is 5.69 Å². The van der Waals surface area contributed by atoms with Gasteiger partial charge in [0.05, 0.1) is 6.20 Å². The van der Waals surface area contributed by atoms with Crippen molar-refractivity contribution in [1.29, 1.82) is 0 Å². The average Bonchev–Trinajstić information content (AvgIpc) is 2.27. The van der Waals surface area contributed by atoms with Crippen LogP contribution in [0.25, 0.3) is 11.1 Å². The summed E-state index contributed by atoms with van der Waals surface area (Å²) in [4.78, 5) is 17.1. The van der Waals surface area contributed by atoms with Crippen molar-refractivity contribution in [2.45, 2.75) is 6.92 Å². The molecule has 0 aromatic carbocycles. The molecule has 2 heterocycles. The molecule has 0 saturated heterocycles. The van der Waals surface area contributed by atoms with Gasteiger partial charge >= 0.3 is 5.76 Å². The highest BCUT2D eigenvalue weighted by molar-refractivity contribution is 5.70. The molecule has 0 spiro atoms. The molecule has 56 valence electrons. The topological polar surface area (TPSA) is 58.9 Å². The van der Waals surface area contributed by atoms with E-state index in [2.05, 4.69) is 9.97 Å². The number of pyridine rings is 1. The molecular formula is C7H6N2O2. The summed E-state index contributed by atoms with van der Waals surface area (Å²) in [5, 5.41) is 0. The fourth-order valence-electron chi connectivity index (χ4n) is 0.948. The first kappa shape index (κ1) is 6.15. The van der Waals surface area contributed by atoms with Crippen LogP contribution in [0.2, 0.25) is 0 Å². The minimum absolute atomic E-state index is 0.438. The second kappa shape index (κ2) is 1.95. The Morgan fingerprint density at radius 1 is 1.64 bits per heavy atom. The zero-order valence-corrected chi connectivity index (χ0v) is 5.92. The zero-order chi connectivity index (χ0) is 7.84. The summed E-state index contributed by atoms with van der Waals surface area (Å²) in [5.74, 6) is -0.438. The Morgan fingerprint density at radius 2 is 2.45 bits per heavy atom. The molecule has 0 amide bonds.